The Balaban J connectivity index is 1.85. The maximum absolute atomic E-state index is 13.9. The highest BCUT2D eigenvalue weighted by molar-refractivity contribution is 6.11. The molecule has 148 valence electrons. The fourth-order valence-corrected chi connectivity index (χ4v) is 5.70. The fourth-order valence-electron chi connectivity index (χ4n) is 5.70. The van der Waals surface area contributed by atoms with Gasteiger partial charge in [-0.3, -0.25) is 4.79 Å². The standard InChI is InChI=1S/C27H34O/c1-17-13-15-23(25(19(17)3)21-9-5-6-10-21)27(28)24-16-14-18(2)20(4)26(24)22-11-7-8-12-22/h13-16,21-22H,5-12H2,1-4H3. The molecule has 0 bridgehead atoms. The molecule has 0 aliphatic heterocycles. The number of hydrogen-bond acceptors (Lipinski definition) is 1. The molecule has 2 fully saturated rings. The first-order valence-electron chi connectivity index (χ1n) is 11.2. The summed E-state index contributed by atoms with van der Waals surface area (Å²) in [5.41, 5.74) is 9.93. The van der Waals surface area contributed by atoms with E-state index in [0.29, 0.717) is 11.8 Å². The molecule has 28 heavy (non-hydrogen) atoms. The van der Waals surface area contributed by atoms with Gasteiger partial charge in [0.2, 0.25) is 0 Å². The van der Waals surface area contributed by atoms with E-state index in [1.165, 1.54) is 84.7 Å². The first-order valence-corrected chi connectivity index (χ1v) is 11.2. The lowest BCUT2D eigenvalue weighted by atomic mass is 9.80. The second-order valence-electron chi connectivity index (χ2n) is 9.23. The van der Waals surface area contributed by atoms with Crippen molar-refractivity contribution in [1.82, 2.24) is 0 Å². The van der Waals surface area contributed by atoms with Crippen molar-refractivity contribution in [3.05, 3.63) is 68.8 Å². The summed E-state index contributed by atoms with van der Waals surface area (Å²) in [5, 5.41) is 0. The van der Waals surface area contributed by atoms with E-state index in [1.54, 1.807) is 0 Å². The Morgan fingerprint density at radius 3 is 1.36 bits per heavy atom. The molecule has 0 amide bonds. The number of carbonyl (C=O) groups excluding carboxylic acids is 1. The van der Waals surface area contributed by atoms with Gasteiger partial charge in [0, 0.05) is 11.1 Å². The van der Waals surface area contributed by atoms with Crippen molar-refractivity contribution in [3.8, 4) is 0 Å². The van der Waals surface area contributed by atoms with Crippen LogP contribution in [-0.4, -0.2) is 5.78 Å². The van der Waals surface area contributed by atoms with Gasteiger partial charge in [-0.05, 0) is 98.6 Å². The van der Waals surface area contributed by atoms with Gasteiger partial charge in [0.25, 0.3) is 0 Å². The third-order valence-electron chi connectivity index (χ3n) is 7.59. The van der Waals surface area contributed by atoms with Gasteiger partial charge in [0.1, 0.15) is 0 Å². The largest absolute Gasteiger partial charge is 0.289 e. The van der Waals surface area contributed by atoms with Crippen molar-refractivity contribution in [3.63, 3.8) is 0 Å². The lowest BCUT2D eigenvalue weighted by molar-refractivity contribution is 0.103. The van der Waals surface area contributed by atoms with Crippen LogP contribution in [0.1, 0.15) is 113 Å². The van der Waals surface area contributed by atoms with E-state index in [-0.39, 0.29) is 5.78 Å². The van der Waals surface area contributed by atoms with Crippen LogP contribution in [0.5, 0.6) is 0 Å². The number of carbonyl (C=O) groups is 1. The predicted octanol–water partition coefficient (Wildman–Crippen LogP) is 7.47. The first-order chi connectivity index (χ1) is 13.5. The average molecular weight is 375 g/mol. The topological polar surface area (TPSA) is 17.1 Å². The summed E-state index contributed by atoms with van der Waals surface area (Å²) in [7, 11) is 0. The van der Waals surface area contributed by atoms with E-state index in [9.17, 15) is 4.79 Å². The summed E-state index contributed by atoms with van der Waals surface area (Å²) in [6.07, 6.45) is 10.1. The molecule has 0 heterocycles. The lowest BCUT2D eigenvalue weighted by Crippen LogP contribution is -2.14. The van der Waals surface area contributed by atoms with E-state index < -0.39 is 0 Å². The van der Waals surface area contributed by atoms with Crippen LogP contribution < -0.4 is 0 Å². The summed E-state index contributed by atoms with van der Waals surface area (Å²) in [6.45, 7) is 8.81. The van der Waals surface area contributed by atoms with E-state index in [4.69, 9.17) is 0 Å². The van der Waals surface area contributed by atoms with Crippen LogP contribution >= 0.6 is 0 Å². The minimum Gasteiger partial charge on any atom is -0.289 e. The van der Waals surface area contributed by atoms with Gasteiger partial charge >= 0.3 is 0 Å². The highest BCUT2D eigenvalue weighted by atomic mass is 16.1. The van der Waals surface area contributed by atoms with Gasteiger partial charge in [-0.25, -0.2) is 0 Å². The van der Waals surface area contributed by atoms with Gasteiger partial charge in [-0.1, -0.05) is 49.9 Å². The third kappa shape index (κ3) is 3.34. The van der Waals surface area contributed by atoms with Crippen LogP contribution in [0.15, 0.2) is 24.3 Å². The van der Waals surface area contributed by atoms with Crippen LogP contribution in [0.3, 0.4) is 0 Å². The molecule has 0 radical (unpaired) electrons. The predicted molar refractivity (Wildman–Crippen MR) is 118 cm³/mol. The van der Waals surface area contributed by atoms with Crippen LogP contribution in [0, 0.1) is 27.7 Å². The van der Waals surface area contributed by atoms with Crippen molar-refractivity contribution in [2.45, 2.75) is 90.9 Å². The molecule has 0 unspecified atom stereocenters. The molecule has 0 atom stereocenters. The highest BCUT2D eigenvalue weighted by Gasteiger charge is 2.29. The number of aryl methyl sites for hydroxylation is 2. The molecule has 2 aliphatic carbocycles. The normalized spacial score (nSPS) is 18.1. The number of ketones is 1. The molecule has 0 aromatic heterocycles. The highest BCUT2D eigenvalue weighted by Crippen LogP contribution is 2.42. The molecule has 2 saturated carbocycles. The maximum Gasteiger partial charge on any atom is 0.193 e. The quantitative estimate of drug-likeness (QED) is 0.507. The zero-order chi connectivity index (χ0) is 19.8. The zero-order valence-corrected chi connectivity index (χ0v) is 18.0. The summed E-state index contributed by atoms with van der Waals surface area (Å²) >= 11 is 0. The monoisotopic (exact) mass is 374 g/mol. The Morgan fingerprint density at radius 2 is 1.00 bits per heavy atom. The van der Waals surface area contributed by atoms with E-state index in [0.717, 1.165) is 11.1 Å². The minimum absolute atomic E-state index is 0.259. The van der Waals surface area contributed by atoms with E-state index in [2.05, 4.69) is 52.0 Å². The van der Waals surface area contributed by atoms with Gasteiger partial charge in [-0.15, -0.1) is 0 Å². The summed E-state index contributed by atoms with van der Waals surface area (Å²) in [4.78, 5) is 13.9. The average Bonchev–Trinajstić information content (AvgIpc) is 3.39. The van der Waals surface area contributed by atoms with Gasteiger partial charge in [0.15, 0.2) is 5.78 Å². The van der Waals surface area contributed by atoms with Crippen LogP contribution in [0.25, 0.3) is 0 Å². The molecule has 0 saturated heterocycles. The lowest BCUT2D eigenvalue weighted by Gasteiger charge is -2.23. The van der Waals surface area contributed by atoms with Crippen molar-refractivity contribution >= 4 is 5.78 Å². The first kappa shape index (κ1) is 19.4. The van der Waals surface area contributed by atoms with E-state index >= 15 is 0 Å². The smallest absolute Gasteiger partial charge is 0.193 e. The molecule has 4 rings (SSSR count). The molecule has 0 spiro atoms. The Labute approximate surface area is 170 Å². The van der Waals surface area contributed by atoms with Gasteiger partial charge < -0.3 is 0 Å². The molecule has 0 N–H and O–H groups in total. The van der Waals surface area contributed by atoms with Crippen LogP contribution in [-0.2, 0) is 0 Å². The molecular formula is C27H34O. The molecule has 2 aromatic rings. The maximum atomic E-state index is 13.9. The third-order valence-corrected chi connectivity index (χ3v) is 7.59. The van der Waals surface area contributed by atoms with Crippen molar-refractivity contribution in [2.24, 2.45) is 0 Å². The molecule has 2 aliphatic rings. The molecule has 1 heteroatoms. The Kier molecular flexibility index (Phi) is 5.45. The molecule has 2 aromatic carbocycles. The van der Waals surface area contributed by atoms with Gasteiger partial charge in [-0.2, -0.15) is 0 Å². The molecular weight excluding hydrogens is 340 g/mol. The van der Waals surface area contributed by atoms with Crippen molar-refractivity contribution < 1.29 is 4.79 Å². The van der Waals surface area contributed by atoms with Crippen molar-refractivity contribution in [2.75, 3.05) is 0 Å². The minimum atomic E-state index is 0.259. The number of hydrogen-bond donors (Lipinski definition) is 0. The van der Waals surface area contributed by atoms with E-state index in [1.807, 2.05) is 0 Å². The van der Waals surface area contributed by atoms with Crippen LogP contribution in [0.2, 0.25) is 0 Å². The molecule has 1 nitrogen and oxygen atoms in total. The van der Waals surface area contributed by atoms with Gasteiger partial charge in [0.05, 0.1) is 0 Å². The second-order valence-corrected chi connectivity index (χ2v) is 9.23. The number of benzene rings is 2. The SMILES string of the molecule is Cc1ccc(C(=O)c2ccc(C)c(C)c2C2CCCC2)c(C2CCCC2)c1C. The summed E-state index contributed by atoms with van der Waals surface area (Å²) < 4.78 is 0. The van der Waals surface area contributed by atoms with Crippen molar-refractivity contribution in [1.29, 1.82) is 0 Å². The summed E-state index contributed by atoms with van der Waals surface area (Å²) in [6, 6.07) is 8.53. The zero-order valence-electron chi connectivity index (χ0n) is 18.0. The Bertz CT molecular complexity index is 819. The van der Waals surface area contributed by atoms with Crippen LogP contribution in [0.4, 0.5) is 0 Å². The summed E-state index contributed by atoms with van der Waals surface area (Å²) in [5.74, 6) is 1.37. The fraction of sp³-hybridized carbons (Fsp3) is 0.519. The second kappa shape index (κ2) is 7.85. The Hall–Kier alpha value is -1.89. The number of rotatable bonds is 4. The Morgan fingerprint density at radius 1 is 0.643 bits per heavy atom.